The Labute approximate surface area is 120 Å². The minimum Gasteiger partial charge on any atom is -0.465 e. The fraction of sp³-hybridized carbons (Fsp3) is 0.308. The van der Waals surface area contributed by atoms with Crippen molar-refractivity contribution in [2.75, 3.05) is 13.7 Å². The molecular weight excluding hydrogens is 280 g/mol. The van der Waals surface area contributed by atoms with Crippen molar-refractivity contribution >= 4 is 17.6 Å². The number of hydrogen-bond acceptors (Lipinski definition) is 6. The van der Waals surface area contributed by atoms with E-state index in [2.05, 4.69) is 9.58 Å². The van der Waals surface area contributed by atoms with E-state index in [-0.39, 0.29) is 17.7 Å². The van der Waals surface area contributed by atoms with Crippen LogP contribution in [0, 0.1) is 16.7 Å². The van der Waals surface area contributed by atoms with Gasteiger partial charge in [0.15, 0.2) is 0 Å². The van der Waals surface area contributed by atoms with Gasteiger partial charge < -0.3 is 9.47 Å². The molecule has 0 fully saturated rings. The van der Waals surface area contributed by atoms with Crippen LogP contribution in [0.4, 0.5) is 5.69 Å². The molecule has 8 heteroatoms. The molecule has 0 heterocycles. The molecule has 0 bridgehead atoms. The van der Waals surface area contributed by atoms with Crippen molar-refractivity contribution in [2.24, 2.45) is 0 Å². The average Bonchev–Trinajstić information content (AvgIpc) is 2.47. The van der Waals surface area contributed by atoms with Gasteiger partial charge in [0, 0.05) is 6.07 Å². The smallest absolute Gasteiger partial charge is 0.395 e. The number of hydrogen-bond donors (Lipinski definition) is 0. The number of benzene rings is 1. The van der Waals surface area contributed by atoms with E-state index in [1.807, 2.05) is 0 Å². The maximum Gasteiger partial charge on any atom is 0.395 e. The molecule has 0 aliphatic heterocycles. The average molecular weight is 292 g/mol. The lowest BCUT2D eigenvalue weighted by molar-refractivity contribution is -0.385. The number of nitro groups is 1. The molecule has 0 amide bonds. The predicted molar refractivity (Wildman–Crippen MR) is 70.4 cm³/mol. The summed E-state index contributed by atoms with van der Waals surface area (Å²) < 4.78 is 9.19. The number of methoxy groups -OCH3 is 1. The molecule has 0 saturated carbocycles. The molecule has 1 aromatic carbocycles. The summed E-state index contributed by atoms with van der Waals surface area (Å²) in [6.45, 7) is 8.65. The third-order valence-corrected chi connectivity index (χ3v) is 2.58. The van der Waals surface area contributed by atoms with Crippen LogP contribution < -0.4 is 0 Å². The molecule has 1 unspecified atom stereocenters. The molecule has 0 spiro atoms. The first-order chi connectivity index (χ1) is 9.96. The van der Waals surface area contributed by atoms with E-state index in [9.17, 15) is 19.7 Å². The third kappa shape index (κ3) is 3.54. The summed E-state index contributed by atoms with van der Waals surface area (Å²) in [5.74, 6) is -1.62. The van der Waals surface area contributed by atoms with Crippen molar-refractivity contribution in [1.29, 1.82) is 0 Å². The van der Waals surface area contributed by atoms with Gasteiger partial charge in [-0.2, -0.15) is 0 Å². The lowest BCUT2D eigenvalue weighted by Crippen LogP contribution is -2.15. The van der Waals surface area contributed by atoms with Gasteiger partial charge in [-0.25, -0.2) is 16.2 Å². The van der Waals surface area contributed by atoms with Crippen LogP contribution in [-0.2, 0) is 14.3 Å². The zero-order valence-corrected chi connectivity index (χ0v) is 11.4. The molecule has 8 nitrogen and oxygen atoms in total. The van der Waals surface area contributed by atoms with Gasteiger partial charge in [-0.1, -0.05) is 0 Å². The Balaban J connectivity index is 3.35. The van der Waals surface area contributed by atoms with E-state index >= 15 is 0 Å². The fourth-order valence-electron chi connectivity index (χ4n) is 1.65. The maximum atomic E-state index is 11.7. The van der Waals surface area contributed by atoms with Crippen LogP contribution in [0.1, 0.15) is 28.9 Å². The molecular formula is C13H12N2O6. The first-order valence-corrected chi connectivity index (χ1v) is 5.86. The predicted octanol–water partition coefficient (Wildman–Crippen LogP) is 1.90. The quantitative estimate of drug-likeness (QED) is 0.355. The Hall–Kier alpha value is -2.95. The molecule has 21 heavy (non-hydrogen) atoms. The fourth-order valence-corrected chi connectivity index (χ4v) is 1.65. The van der Waals surface area contributed by atoms with E-state index in [1.54, 1.807) is 6.92 Å². The number of ether oxygens (including phenoxy) is 2. The number of nitro benzene ring substituents is 1. The number of rotatable bonds is 5. The molecule has 1 rings (SSSR count). The second-order valence-corrected chi connectivity index (χ2v) is 3.81. The minimum absolute atomic E-state index is 0.0412. The van der Waals surface area contributed by atoms with Gasteiger partial charge in [0.1, 0.15) is 5.56 Å². The largest absolute Gasteiger partial charge is 0.465 e. The van der Waals surface area contributed by atoms with Gasteiger partial charge in [0.2, 0.25) is 0 Å². The highest BCUT2D eigenvalue weighted by atomic mass is 16.6. The number of carbonyl (C=O) groups excluding carboxylic acids is 2. The topological polar surface area (TPSA) is 100 Å². The number of nitrogens with zero attached hydrogens (tertiary/aromatic N) is 2. The molecule has 0 aliphatic carbocycles. The van der Waals surface area contributed by atoms with Crippen molar-refractivity contribution in [3.8, 4) is 0 Å². The summed E-state index contributed by atoms with van der Waals surface area (Å²) in [5.41, 5.74) is -0.673. The van der Waals surface area contributed by atoms with Crippen LogP contribution in [-0.4, -0.2) is 30.6 Å². The van der Waals surface area contributed by atoms with Gasteiger partial charge in [-0.3, -0.25) is 15.0 Å². The van der Waals surface area contributed by atoms with Crippen molar-refractivity contribution in [3.05, 3.63) is 50.9 Å². The Morgan fingerprint density at radius 3 is 2.62 bits per heavy atom. The lowest BCUT2D eigenvalue weighted by Gasteiger charge is -2.07. The van der Waals surface area contributed by atoms with Crippen LogP contribution in [0.15, 0.2) is 18.2 Å². The molecule has 1 aromatic rings. The molecule has 0 N–H and O–H groups in total. The third-order valence-electron chi connectivity index (χ3n) is 2.58. The van der Waals surface area contributed by atoms with Crippen LogP contribution in [0.5, 0.6) is 0 Å². The van der Waals surface area contributed by atoms with Crippen LogP contribution >= 0.6 is 0 Å². The Morgan fingerprint density at radius 2 is 2.14 bits per heavy atom. The first-order valence-electron chi connectivity index (χ1n) is 5.86. The standard InChI is InChI=1S/C13H12N2O6/c1-4-21-13(17)11(14-2)9-6-5-8(12(16)20-3)7-10(9)15(18)19/h5-7,11H,4H2,1,3H3. The van der Waals surface area contributed by atoms with E-state index in [4.69, 9.17) is 11.3 Å². The Bertz CT molecular complexity index is 620. The maximum absolute atomic E-state index is 11.7. The summed E-state index contributed by atoms with van der Waals surface area (Å²) in [6.07, 6.45) is 0. The summed E-state index contributed by atoms with van der Waals surface area (Å²) in [7, 11) is 1.14. The molecule has 0 saturated heterocycles. The normalized spacial score (nSPS) is 11.1. The lowest BCUT2D eigenvalue weighted by atomic mass is 10.0. The molecule has 0 aliphatic rings. The number of carbonyl (C=O) groups is 2. The van der Waals surface area contributed by atoms with Crippen LogP contribution in [0.3, 0.4) is 0 Å². The van der Waals surface area contributed by atoms with E-state index < -0.39 is 28.6 Å². The van der Waals surface area contributed by atoms with Gasteiger partial charge in [0.05, 0.1) is 24.2 Å². The highest BCUT2D eigenvalue weighted by Crippen LogP contribution is 2.30. The zero-order valence-electron chi connectivity index (χ0n) is 11.4. The van der Waals surface area contributed by atoms with Crippen molar-refractivity contribution in [3.63, 3.8) is 0 Å². The highest BCUT2D eigenvalue weighted by molar-refractivity contribution is 5.91. The van der Waals surface area contributed by atoms with Crippen molar-refractivity contribution in [1.82, 2.24) is 0 Å². The SMILES string of the molecule is [C-]#[N+]C(C(=O)OCC)c1ccc(C(=O)OC)cc1[N+](=O)[O-]. The van der Waals surface area contributed by atoms with E-state index in [0.29, 0.717) is 0 Å². The van der Waals surface area contributed by atoms with Gasteiger partial charge in [-0.15, -0.1) is 0 Å². The Morgan fingerprint density at radius 1 is 1.48 bits per heavy atom. The van der Waals surface area contributed by atoms with E-state index in [0.717, 1.165) is 13.2 Å². The summed E-state index contributed by atoms with van der Waals surface area (Å²) in [6, 6.07) is 1.96. The van der Waals surface area contributed by atoms with E-state index in [1.165, 1.54) is 12.1 Å². The van der Waals surface area contributed by atoms with Gasteiger partial charge in [0.25, 0.3) is 5.69 Å². The molecule has 110 valence electrons. The summed E-state index contributed by atoms with van der Waals surface area (Å²) >= 11 is 0. The van der Waals surface area contributed by atoms with Crippen molar-refractivity contribution < 1.29 is 24.0 Å². The van der Waals surface area contributed by atoms with Gasteiger partial charge in [-0.05, 0) is 19.1 Å². The summed E-state index contributed by atoms with van der Waals surface area (Å²) in [4.78, 5) is 36.4. The molecule has 0 radical (unpaired) electrons. The number of esters is 2. The highest BCUT2D eigenvalue weighted by Gasteiger charge is 2.35. The Kier molecular flexibility index (Phi) is 5.37. The molecule has 1 atom stereocenters. The monoisotopic (exact) mass is 292 g/mol. The zero-order chi connectivity index (χ0) is 16.0. The second kappa shape index (κ2) is 7.00. The van der Waals surface area contributed by atoms with Gasteiger partial charge >= 0.3 is 18.0 Å². The molecule has 0 aromatic heterocycles. The first kappa shape index (κ1) is 16.1. The second-order valence-electron chi connectivity index (χ2n) is 3.81. The minimum atomic E-state index is -1.45. The van der Waals surface area contributed by atoms with Crippen LogP contribution in [0.2, 0.25) is 0 Å². The van der Waals surface area contributed by atoms with Crippen LogP contribution in [0.25, 0.3) is 4.85 Å². The summed E-state index contributed by atoms with van der Waals surface area (Å²) in [5, 5.41) is 11.1. The van der Waals surface area contributed by atoms with Crippen molar-refractivity contribution in [2.45, 2.75) is 13.0 Å².